The smallest absolute Gasteiger partial charge is 0.222 e. The molecule has 4 N–H and O–H groups in total. The van der Waals surface area contributed by atoms with Crippen LogP contribution < -0.4 is 16.4 Å². The van der Waals surface area contributed by atoms with Gasteiger partial charge in [0.15, 0.2) is 5.96 Å². The molecule has 1 aromatic carbocycles. The lowest BCUT2D eigenvalue weighted by molar-refractivity contribution is -0.121. The van der Waals surface area contributed by atoms with Gasteiger partial charge in [0.05, 0.1) is 5.92 Å². The van der Waals surface area contributed by atoms with Gasteiger partial charge in [-0.1, -0.05) is 12.1 Å². The Bertz CT molecular complexity index is 511. The first-order chi connectivity index (χ1) is 11.1. The second kappa shape index (κ2) is 12.9. The molecule has 1 amide bonds. The summed E-state index contributed by atoms with van der Waals surface area (Å²) < 4.78 is 17.9. The molecular formula is C16H26FIN4O2. The number of methoxy groups -OCH3 is 1. The average molecular weight is 452 g/mol. The highest BCUT2D eigenvalue weighted by atomic mass is 127. The summed E-state index contributed by atoms with van der Waals surface area (Å²) in [5.74, 6) is -0.510. The van der Waals surface area contributed by atoms with Crippen LogP contribution in [0.1, 0.15) is 12.0 Å². The Labute approximate surface area is 159 Å². The number of nitrogens with one attached hydrogen (secondary N) is 2. The number of benzene rings is 1. The lowest BCUT2D eigenvalue weighted by Crippen LogP contribution is -2.43. The quantitative estimate of drug-likeness (QED) is 0.228. The van der Waals surface area contributed by atoms with Gasteiger partial charge in [-0.25, -0.2) is 4.39 Å². The molecule has 1 rings (SSSR count). The number of carbonyl (C=O) groups is 1. The van der Waals surface area contributed by atoms with E-state index in [0.717, 1.165) is 12.0 Å². The summed E-state index contributed by atoms with van der Waals surface area (Å²) in [6.07, 6.45) is 1.30. The van der Waals surface area contributed by atoms with Crippen LogP contribution in [-0.4, -0.2) is 45.7 Å². The second-order valence-electron chi connectivity index (χ2n) is 5.16. The van der Waals surface area contributed by atoms with Crippen molar-refractivity contribution in [1.82, 2.24) is 10.6 Å². The van der Waals surface area contributed by atoms with Crippen LogP contribution in [0.5, 0.6) is 0 Å². The molecular weight excluding hydrogens is 426 g/mol. The molecule has 8 heteroatoms. The topological polar surface area (TPSA) is 88.7 Å². The first-order valence-electron chi connectivity index (χ1n) is 7.54. The van der Waals surface area contributed by atoms with E-state index in [0.29, 0.717) is 32.1 Å². The summed E-state index contributed by atoms with van der Waals surface area (Å²) in [5, 5.41) is 6.21. The van der Waals surface area contributed by atoms with Gasteiger partial charge in [0, 0.05) is 33.9 Å². The highest BCUT2D eigenvalue weighted by Gasteiger charge is 2.16. The van der Waals surface area contributed by atoms with Crippen LogP contribution >= 0.6 is 24.0 Å². The van der Waals surface area contributed by atoms with Crippen molar-refractivity contribution in [3.8, 4) is 0 Å². The van der Waals surface area contributed by atoms with Crippen molar-refractivity contribution >= 4 is 35.8 Å². The first-order valence-corrected chi connectivity index (χ1v) is 7.54. The summed E-state index contributed by atoms with van der Waals surface area (Å²) in [6.45, 7) is 1.74. The Morgan fingerprint density at radius 3 is 2.54 bits per heavy atom. The minimum atomic E-state index is -0.406. The molecule has 1 unspecified atom stereocenters. The van der Waals surface area contributed by atoms with E-state index < -0.39 is 11.8 Å². The molecule has 136 valence electrons. The van der Waals surface area contributed by atoms with E-state index in [1.54, 1.807) is 26.3 Å². The van der Waals surface area contributed by atoms with Crippen LogP contribution in [0.25, 0.3) is 0 Å². The highest BCUT2D eigenvalue weighted by Crippen LogP contribution is 2.09. The van der Waals surface area contributed by atoms with E-state index in [2.05, 4.69) is 15.6 Å². The van der Waals surface area contributed by atoms with Gasteiger partial charge < -0.3 is 21.1 Å². The van der Waals surface area contributed by atoms with Crippen molar-refractivity contribution in [1.29, 1.82) is 0 Å². The molecule has 0 radical (unpaired) electrons. The van der Waals surface area contributed by atoms with Crippen LogP contribution in [0, 0.1) is 11.7 Å². The first kappa shape index (κ1) is 22.6. The van der Waals surface area contributed by atoms with Crippen LogP contribution in [-0.2, 0) is 16.0 Å². The van der Waals surface area contributed by atoms with E-state index in [-0.39, 0.29) is 29.8 Å². The van der Waals surface area contributed by atoms with Crippen LogP contribution in [0.2, 0.25) is 0 Å². The Hall–Kier alpha value is -1.42. The zero-order chi connectivity index (χ0) is 17.1. The predicted molar refractivity (Wildman–Crippen MR) is 104 cm³/mol. The Morgan fingerprint density at radius 1 is 1.33 bits per heavy atom. The van der Waals surface area contributed by atoms with Crippen molar-refractivity contribution in [2.24, 2.45) is 16.6 Å². The molecule has 0 aromatic heterocycles. The maximum atomic E-state index is 12.9. The molecule has 0 aliphatic heterocycles. The molecule has 0 aliphatic carbocycles. The number of hydrogen-bond donors (Lipinski definition) is 3. The van der Waals surface area contributed by atoms with Gasteiger partial charge in [0.1, 0.15) is 5.82 Å². The summed E-state index contributed by atoms with van der Waals surface area (Å²) >= 11 is 0. The van der Waals surface area contributed by atoms with Gasteiger partial charge in [0.25, 0.3) is 0 Å². The van der Waals surface area contributed by atoms with E-state index in [4.69, 9.17) is 10.5 Å². The standard InChI is InChI=1S/C16H25FN4O2.HI/c1-19-16(20-8-3-9-23-2)21-11-13(15(18)22)10-12-4-6-14(17)7-5-12;/h4-7,13H,3,8-11H2,1-2H3,(H2,18,22)(H2,19,20,21);1H. The van der Waals surface area contributed by atoms with Gasteiger partial charge in [-0.3, -0.25) is 9.79 Å². The molecule has 0 saturated carbocycles. The molecule has 1 atom stereocenters. The normalized spacial score (nSPS) is 12.2. The fraction of sp³-hybridized carbons (Fsp3) is 0.500. The Morgan fingerprint density at radius 2 is 2.00 bits per heavy atom. The maximum absolute atomic E-state index is 12.9. The number of hydrogen-bond acceptors (Lipinski definition) is 3. The maximum Gasteiger partial charge on any atom is 0.222 e. The van der Waals surface area contributed by atoms with Crippen molar-refractivity contribution in [2.75, 3.05) is 33.9 Å². The predicted octanol–water partition coefficient (Wildman–Crippen LogP) is 1.29. The molecule has 0 spiro atoms. The monoisotopic (exact) mass is 452 g/mol. The highest BCUT2D eigenvalue weighted by molar-refractivity contribution is 14.0. The number of amides is 1. The van der Waals surface area contributed by atoms with Gasteiger partial charge in [-0.2, -0.15) is 0 Å². The molecule has 24 heavy (non-hydrogen) atoms. The lowest BCUT2D eigenvalue weighted by atomic mass is 9.98. The SMILES string of the molecule is CN=C(NCCCOC)NCC(Cc1ccc(F)cc1)C(N)=O.I. The Kier molecular flexibility index (Phi) is 12.2. The number of guanidine groups is 1. The third-order valence-corrected chi connectivity index (χ3v) is 3.35. The van der Waals surface area contributed by atoms with Crippen molar-refractivity contribution < 1.29 is 13.9 Å². The molecule has 0 fully saturated rings. The number of rotatable bonds is 9. The Balaban J connectivity index is 0.00000529. The average Bonchev–Trinajstić information content (AvgIpc) is 2.54. The molecule has 1 aromatic rings. The van der Waals surface area contributed by atoms with Gasteiger partial charge in [-0.15, -0.1) is 24.0 Å². The third kappa shape index (κ3) is 9.02. The summed E-state index contributed by atoms with van der Waals surface area (Å²) in [5.41, 5.74) is 6.31. The van der Waals surface area contributed by atoms with Crippen molar-refractivity contribution in [2.45, 2.75) is 12.8 Å². The minimum Gasteiger partial charge on any atom is -0.385 e. The zero-order valence-corrected chi connectivity index (χ0v) is 16.4. The molecule has 6 nitrogen and oxygen atoms in total. The number of aliphatic imine (C=N–C) groups is 1. The number of halogens is 2. The number of primary amides is 1. The minimum absolute atomic E-state index is 0. The number of ether oxygens (including phenoxy) is 1. The van der Waals surface area contributed by atoms with Crippen LogP contribution in [0.3, 0.4) is 0 Å². The van der Waals surface area contributed by atoms with E-state index in [1.807, 2.05) is 0 Å². The van der Waals surface area contributed by atoms with Gasteiger partial charge >= 0.3 is 0 Å². The van der Waals surface area contributed by atoms with Crippen molar-refractivity contribution in [3.63, 3.8) is 0 Å². The molecule has 0 saturated heterocycles. The summed E-state index contributed by atoms with van der Waals surface area (Å²) in [7, 11) is 3.31. The fourth-order valence-electron chi connectivity index (χ4n) is 2.04. The van der Waals surface area contributed by atoms with Crippen LogP contribution in [0.15, 0.2) is 29.3 Å². The van der Waals surface area contributed by atoms with Gasteiger partial charge in [0.2, 0.25) is 5.91 Å². The largest absolute Gasteiger partial charge is 0.385 e. The van der Waals surface area contributed by atoms with Crippen LogP contribution in [0.4, 0.5) is 4.39 Å². The van der Waals surface area contributed by atoms with E-state index >= 15 is 0 Å². The van der Waals surface area contributed by atoms with E-state index in [1.165, 1.54) is 12.1 Å². The van der Waals surface area contributed by atoms with Gasteiger partial charge in [-0.05, 0) is 30.5 Å². The zero-order valence-electron chi connectivity index (χ0n) is 14.0. The molecule has 0 bridgehead atoms. The number of nitrogens with two attached hydrogens (primary N) is 1. The molecule has 0 aliphatic rings. The fourth-order valence-corrected chi connectivity index (χ4v) is 2.04. The summed E-state index contributed by atoms with van der Waals surface area (Å²) in [4.78, 5) is 15.7. The number of nitrogens with zero attached hydrogens (tertiary/aromatic N) is 1. The van der Waals surface area contributed by atoms with E-state index in [9.17, 15) is 9.18 Å². The second-order valence-corrected chi connectivity index (χ2v) is 5.16. The lowest BCUT2D eigenvalue weighted by Gasteiger charge is -2.17. The third-order valence-electron chi connectivity index (χ3n) is 3.35. The molecule has 0 heterocycles. The summed E-state index contributed by atoms with van der Waals surface area (Å²) in [6, 6.07) is 6.06. The number of carbonyl (C=O) groups excluding carboxylic acids is 1. The van der Waals surface area contributed by atoms with Crippen molar-refractivity contribution in [3.05, 3.63) is 35.6 Å².